The third kappa shape index (κ3) is 4.37. The summed E-state index contributed by atoms with van der Waals surface area (Å²) in [5.74, 6) is 1.88. The standard InChI is InChI=1S/C30H51N5O2/c1-5-8-22-20(2)25(33-34-27(31)32)19-21-9-10-24-23(29(21,22)4)11-13-28(3)26(12-14-30(24,28)36)37-18-17-35-15-6-7-16-35/h5,8,20-24,26,36H,6-7,9-19H2,1-4H3,(H4,31,32,34)/t20?,21?,22?,23-,24-,26?,28-,29-,30-/m1/s1. The van der Waals surface area contributed by atoms with Gasteiger partial charge in [-0.3, -0.25) is 5.41 Å². The molecular weight excluding hydrogens is 462 g/mol. The minimum atomic E-state index is -0.642. The Hall–Kier alpha value is -1.44. The van der Waals surface area contributed by atoms with E-state index in [1.54, 1.807) is 0 Å². The Bertz CT molecular complexity index is 916. The summed E-state index contributed by atoms with van der Waals surface area (Å²) in [4.78, 5) is 2.53. The summed E-state index contributed by atoms with van der Waals surface area (Å²) in [5.41, 5.74) is 8.73. The van der Waals surface area contributed by atoms with Gasteiger partial charge in [-0.15, -0.1) is 0 Å². The second-order valence-corrected chi connectivity index (χ2v) is 13.4. The van der Waals surface area contributed by atoms with Gasteiger partial charge < -0.3 is 20.5 Å². The van der Waals surface area contributed by atoms with Gasteiger partial charge in [0, 0.05) is 23.6 Å². The molecule has 208 valence electrons. The molecule has 0 bridgehead atoms. The van der Waals surface area contributed by atoms with Crippen molar-refractivity contribution in [3.63, 3.8) is 0 Å². The molecule has 0 aromatic rings. The quantitative estimate of drug-likeness (QED) is 0.181. The van der Waals surface area contributed by atoms with E-state index in [2.05, 4.69) is 55.3 Å². The third-order valence-corrected chi connectivity index (χ3v) is 11.9. The number of ether oxygens (including phenoxy) is 1. The Labute approximate surface area is 224 Å². The lowest BCUT2D eigenvalue weighted by atomic mass is 9.40. The molecule has 7 nitrogen and oxygen atoms in total. The predicted octanol–water partition coefficient (Wildman–Crippen LogP) is 4.51. The number of rotatable bonds is 6. The van der Waals surface area contributed by atoms with Crippen molar-refractivity contribution in [2.45, 2.75) is 97.2 Å². The van der Waals surface area contributed by atoms with Crippen molar-refractivity contribution in [3.8, 4) is 0 Å². The summed E-state index contributed by atoms with van der Waals surface area (Å²) in [6.45, 7) is 13.5. The summed E-state index contributed by atoms with van der Waals surface area (Å²) in [6, 6.07) is 0. The molecule has 0 aromatic carbocycles. The molecular formula is C30H51N5O2. The lowest BCUT2D eigenvalue weighted by Crippen LogP contribution is -2.65. The highest BCUT2D eigenvalue weighted by molar-refractivity contribution is 5.89. The number of nitrogens with zero attached hydrogens (tertiary/aromatic N) is 2. The number of likely N-dealkylation sites (tertiary alicyclic amines) is 1. The predicted molar refractivity (Wildman–Crippen MR) is 149 cm³/mol. The van der Waals surface area contributed by atoms with Crippen LogP contribution in [-0.4, -0.2) is 59.6 Å². The molecule has 1 aliphatic heterocycles. The van der Waals surface area contributed by atoms with Crippen LogP contribution in [0, 0.1) is 45.8 Å². The molecule has 5 N–H and O–H groups in total. The number of hydrogen-bond donors (Lipinski definition) is 4. The maximum absolute atomic E-state index is 12.6. The minimum absolute atomic E-state index is 0.105. The van der Waals surface area contributed by atoms with Crippen LogP contribution in [0.15, 0.2) is 17.3 Å². The highest BCUT2D eigenvalue weighted by Crippen LogP contribution is 2.69. The van der Waals surface area contributed by atoms with E-state index in [1.165, 1.54) is 32.4 Å². The Balaban J connectivity index is 1.37. The number of nitrogens with one attached hydrogen (secondary N) is 2. The Kier molecular flexibility index (Phi) is 7.53. The Morgan fingerprint density at radius 1 is 1.19 bits per heavy atom. The minimum Gasteiger partial charge on any atom is -0.389 e. The first-order valence-electron chi connectivity index (χ1n) is 15.0. The first kappa shape index (κ1) is 27.1. The highest BCUT2D eigenvalue weighted by Gasteiger charge is 2.69. The first-order chi connectivity index (χ1) is 17.6. The molecule has 0 spiro atoms. The van der Waals surface area contributed by atoms with E-state index >= 15 is 0 Å². The molecule has 5 rings (SSSR count). The lowest BCUT2D eigenvalue weighted by molar-refractivity contribution is -0.222. The van der Waals surface area contributed by atoms with Gasteiger partial charge in [0.2, 0.25) is 5.96 Å². The summed E-state index contributed by atoms with van der Waals surface area (Å²) >= 11 is 0. The van der Waals surface area contributed by atoms with E-state index in [9.17, 15) is 5.11 Å². The molecule has 4 saturated carbocycles. The Morgan fingerprint density at radius 2 is 1.95 bits per heavy atom. The van der Waals surface area contributed by atoms with Gasteiger partial charge in [-0.2, -0.15) is 5.10 Å². The maximum Gasteiger partial charge on any atom is 0.206 e. The van der Waals surface area contributed by atoms with Crippen molar-refractivity contribution in [1.29, 1.82) is 5.41 Å². The van der Waals surface area contributed by atoms with Crippen molar-refractivity contribution in [1.82, 2.24) is 10.3 Å². The van der Waals surface area contributed by atoms with Crippen LogP contribution >= 0.6 is 0 Å². The summed E-state index contributed by atoms with van der Waals surface area (Å²) in [6.07, 6.45) is 14.6. The molecule has 5 aliphatic rings. The molecule has 0 amide bonds. The van der Waals surface area contributed by atoms with E-state index in [-0.39, 0.29) is 28.8 Å². The fourth-order valence-electron chi connectivity index (χ4n) is 9.87. The van der Waals surface area contributed by atoms with Gasteiger partial charge in [-0.25, -0.2) is 5.43 Å². The van der Waals surface area contributed by atoms with Crippen molar-refractivity contribution in [3.05, 3.63) is 12.2 Å². The zero-order valence-electron chi connectivity index (χ0n) is 23.6. The van der Waals surface area contributed by atoms with Gasteiger partial charge in [0.15, 0.2) is 0 Å². The molecule has 4 aliphatic carbocycles. The molecule has 7 heteroatoms. The summed E-state index contributed by atoms with van der Waals surface area (Å²) in [7, 11) is 0. The first-order valence-corrected chi connectivity index (χ1v) is 15.0. The number of fused-ring (bicyclic) bond motifs is 5. The van der Waals surface area contributed by atoms with Crippen LogP contribution in [0.4, 0.5) is 0 Å². The zero-order chi connectivity index (χ0) is 26.4. The molecule has 0 radical (unpaired) electrons. The van der Waals surface area contributed by atoms with E-state index in [0.717, 1.165) is 57.4 Å². The molecule has 4 unspecified atom stereocenters. The van der Waals surface area contributed by atoms with Crippen LogP contribution in [0.25, 0.3) is 0 Å². The van der Waals surface area contributed by atoms with Gasteiger partial charge in [-0.1, -0.05) is 32.9 Å². The van der Waals surface area contributed by atoms with Gasteiger partial charge in [-0.05, 0) is 107 Å². The molecule has 1 saturated heterocycles. The summed E-state index contributed by atoms with van der Waals surface area (Å²) < 4.78 is 6.59. The zero-order valence-corrected chi connectivity index (χ0v) is 23.6. The number of allylic oxidation sites excluding steroid dienone is 2. The fraction of sp³-hybridized carbons (Fsp3) is 0.867. The van der Waals surface area contributed by atoms with Crippen molar-refractivity contribution < 1.29 is 9.84 Å². The molecule has 37 heavy (non-hydrogen) atoms. The van der Waals surface area contributed by atoms with E-state index in [4.69, 9.17) is 15.9 Å². The lowest BCUT2D eigenvalue weighted by Gasteiger charge is -2.65. The summed E-state index contributed by atoms with van der Waals surface area (Å²) in [5, 5.41) is 24.7. The van der Waals surface area contributed by atoms with E-state index < -0.39 is 5.60 Å². The van der Waals surface area contributed by atoms with Crippen LogP contribution < -0.4 is 11.2 Å². The van der Waals surface area contributed by atoms with Crippen LogP contribution in [0.1, 0.15) is 85.5 Å². The SMILES string of the molecule is CC=CC1C(C)C(=NNC(=N)N)CC2CC[C@@H]3[C@@H](CC[C@]4(C)C(OCCN5CCCC5)CC[C@@]34O)[C@]21C. The average Bonchev–Trinajstić information content (AvgIpc) is 3.47. The number of aliphatic hydroxyl groups is 1. The van der Waals surface area contributed by atoms with Crippen molar-refractivity contribution in [2.75, 3.05) is 26.2 Å². The smallest absolute Gasteiger partial charge is 0.206 e. The van der Waals surface area contributed by atoms with Gasteiger partial charge in [0.1, 0.15) is 0 Å². The number of hydrazone groups is 1. The van der Waals surface area contributed by atoms with Crippen LogP contribution in [0.3, 0.4) is 0 Å². The monoisotopic (exact) mass is 513 g/mol. The van der Waals surface area contributed by atoms with Crippen LogP contribution in [-0.2, 0) is 4.74 Å². The maximum atomic E-state index is 12.6. The van der Waals surface area contributed by atoms with E-state index in [1.807, 2.05) is 0 Å². The van der Waals surface area contributed by atoms with Crippen LogP contribution in [0.5, 0.6) is 0 Å². The second-order valence-electron chi connectivity index (χ2n) is 13.4. The topological polar surface area (TPSA) is 107 Å². The molecule has 5 fully saturated rings. The number of nitrogens with two attached hydrogens (primary N) is 1. The number of hydrogen-bond acceptors (Lipinski definition) is 5. The molecule has 9 atom stereocenters. The average molecular weight is 514 g/mol. The fourth-order valence-corrected chi connectivity index (χ4v) is 9.87. The molecule has 0 aromatic heterocycles. The van der Waals surface area contributed by atoms with Crippen molar-refractivity contribution >= 4 is 11.7 Å². The number of guanidine groups is 1. The van der Waals surface area contributed by atoms with Gasteiger partial charge in [0.25, 0.3) is 0 Å². The Morgan fingerprint density at radius 3 is 2.65 bits per heavy atom. The normalized spacial score (nSPS) is 47.1. The highest BCUT2D eigenvalue weighted by atomic mass is 16.5. The van der Waals surface area contributed by atoms with Crippen LogP contribution in [0.2, 0.25) is 0 Å². The largest absolute Gasteiger partial charge is 0.389 e. The van der Waals surface area contributed by atoms with Crippen molar-refractivity contribution in [2.24, 2.45) is 51.3 Å². The molecule has 1 heterocycles. The second kappa shape index (κ2) is 10.3. The van der Waals surface area contributed by atoms with Gasteiger partial charge in [0.05, 0.1) is 18.3 Å². The van der Waals surface area contributed by atoms with Gasteiger partial charge >= 0.3 is 0 Å². The van der Waals surface area contributed by atoms with E-state index in [0.29, 0.717) is 23.7 Å². The third-order valence-electron chi connectivity index (χ3n) is 11.9.